The van der Waals surface area contributed by atoms with Crippen LogP contribution in [0.1, 0.15) is 24.1 Å². The van der Waals surface area contributed by atoms with Crippen molar-refractivity contribution in [3.05, 3.63) is 33.4 Å². The summed E-state index contributed by atoms with van der Waals surface area (Å²) in [6, 6.07) is 2.04. The van der Waals surface area contributed by atoms with Crippen molar-refractivity contribution in [2.75, 3.05) is 25.1 Å². The Morgan fingerprint density at radius 2 is 1.69 bits per heavy atom. The lowest BCUT2D eigenvalue weighted by Crippen LogP contribution is -2.36. The average molecular weight is 620 g/mol. The molecule has 1 saturated heterocycles. The fourth-order valence-corrected chi connectivity index (χ4v) is 4.95. The monoisotopic (exact) mass is 619 g/mol. The van der Waals surface area contributed by atoms with E-state index in [0.717, 1.165) is 11.9 Å². The van der Waals surface area contributed by atoms with Crippen LogP contribution in [0.4, 0.5) is 37.0 Å². The third-order valence-corrected chi connectivity index (χ3v) is 6.91. The van der Waals surface area contributed by atoms with Crippen molar-refractivity contribution in [2.45, 2.75) is 29.4 Å². The highest BCUT2D eigenvalue weighted by Crippen LogP contribution is 2.42. The Balaban J connectivity index is 2.11. The first kappa shape index (κ1) is 30.2. The predicted octanol–water partition coefficient (Wildman–Crippen LogP) is 4.42. The molecule has 1 aliphatic heterocycles. The van der Waals surface area contributed by atoms with Gasteiger partial charge in [-0.25, -0.2) is 13.7 Å². The second-order valence-electron chi connectivity index (χ2n) is 7.64. The largest absolute Gasteiger partial charge is 0.476 e. The van der Waals surface area contributed by atoms with Crippen LogP contribution >= 0.6 is 23.2 Å². The average Bonchev–Trinajstić information content (AvgIpc) is 3.36. The van der Waals surface area contributed by atoms with E-state index in [-0.39, 0.29) is 19.4 Å². The minimum atomic E-state index is -5.47. The van der Waals surface area contributed by atoms with Crippen LogP contribution < -0.4 is 4.90 Å². The van der Waals surface area contributed by atoms with Gasteiger partial charge in [0.25, 0.3) is 0 Å². The van der Waals surface area contributed by atoms with Gasteiger partial charge < -0.3 is 4.74 Å². The van der Waals surface area contributed by atoms with Crippen LogP contribution in [-0.4, -0.2) is 62.5 Å². The van der Waals surface area contributed by atoms with Gasteiger partial charge in [-0.15, -0.1) is 0 Å². The molecule has 39 heavy (non-hydrogen) atoms. The van der Waals surface area contributed by atoms with Crippen LogP contribution in [0.25, 0.3) is 5.69 Å². The molecule has 2 aromatic rings. The van der Waals surface area contributed by atoms with E-state index < -0.39 is 84.7 Å². The molecule has 10 nitrogen and oxygen atoms in total. The number of hydrogen-bond donors (Lipinski definition) is 0. The van der Waals surface area contributed by atoms with Gasteiger partial charge in [-0.05, 0) is 12.1 Å². The molecule has 1 aromatic carbocycles. The molecule has 0 saturated carbocycles. The normalized spacial score (nSPS) is 14.9. The number of ether oxygens (including phenoxy) is 1. The smallest absolute Gasteiger partial charge is 0.447 e. The van der Waals surface area contributed by atoms with Crippen LogP contribution in [0.3, 0.4) is 0 Å². The van der Waals surface area contributed by atoms with Crippen molar-refractivity contribution < 1.29 is 49.7 Å². The standard InChI is InChI=1S/C20H13Cl2F6N5O5S/c1-31(18(36)38-5-4-32-13(34)2-3-14(32)35)17-16(39(37)20(26,27)28)12(8-29)30-33(17)15-10(21)6-9(7-11(15)22)19(23,24)25/h6-7H,2-5H2,1H3. The number of carbonyl (C=O) groups is 3. The molecular formula is C20H13Cl2F6N5O5S. The molecule has 0 radical (unpaired) electrons. The first-order chi connectivity index (χ1) is 18.0. The predicted molar refractivity (Wildman–Crippen MR) is 121 cm³/mol. The van der Waals surface area contributed by atoms with Gasteiger partial charge in [-0.2, -0.15) is 36.7 Å². The summed E-state index contributed by atoms with van der Waals surface area (Å²) in [5.41, 5.74) is -8.58. The van der Waals surface area contributed by atoms with Gasteiger partial charge in [-0.1, -0.05) is 23.2 Å². The topological polar surface area (TPSA) is 126 Å². The van der Waals surface area contributed by atoms with Gasteiger partial charge in [0.2, 0.25) is 11.8 Å². The van der Waals surface area contributed by atoms with Crippen molar-refractivity contribution in [3.8, 4) is 11.8 Å². The number of rotatable bonds is 6. The number of aromatic nitrogens is 2. The molecule has 1 unspecified atom stereocenters. The van der Waals surface area contributed by atoms with Crippen molar-refractivity contribution in [1.29, 1.82) is 5.26 Å². The van der Waals surface area contributed by atoms with E-state index >= 15 is 0 Å². The number of anilines is 1. The Morgan fingerprint density at radius 3 is 2.15 bits per heavy atom. The summed E-state index contributed by atoms with van der Waals surface area (Å²) in [4.78, 5) is 35.9. The maximum Gasteiger partial charge on any atom is 0.476 e. The van der Waals surface area contributed by atoms with Gasteiger partial charge in [0.1, 0.15) is 23.3 Å². The number of nitrogens with zero attached hydrogens (tertiary/aromatic N) is 5. The number of amides is 3. The first-order valence-electron chi connectivity index (χ1n) is 10.3. The van der Waals surface area contributed by atoms with Gasteiger partial charge in [0, 0.05) is 19.9 Å². The summed E-state index contributed by atoms with van der Waals surface area (Å²) >= 11 is 11.9. The molecule has 3 amide bonds. The van der Waals surface area contributed by atoms with E-state index in [0.29, 0.717) is 21.7 Å². The number of halogens is 8. The summed E-state index contributed by atoms with van der Waals surface area (Å²) < 4.78 is 97.6. The Bertz CT molecular complexity index is 1380. The van der Waals surface area contributed by atoms with Gasteiger partial charge in [-0.3, -0.25) is 19.4 Å². The molecule has 210 valence electrons. The van der Waals surface area contributed by atoms with E-state index in [2.05, 4.69) is 5.10 Å². The van der Waals surface area contributed by atoms with E-state index in [1.54, 1.807) is 0 Å². The second-order valence-corrected chi connectivity index (χ2v) is 9.86. The number of likely N-dealkylation sites (tertiary alicyclic amines) is 1. The quantitative estimate of drug-likeness (QED) is 0.346. The van der Waals surface area contributed by atoms with Crippen LogP contribution in [0.5, 0.6) is 0 Å². The lowest BCUT2D eigenvalue weighted by atomic mass is 10.2. The summed E-state index contributed by atoms with van der Waals surface area (Å²) in [5, 5.41) is 11.4. The van der Waals surface area contributed by atoms with E-state index in [4.69, 9.17) is 27.9 Å². The zero-order valence-corrected chi connectivity index (χ0v) is 21.5. The molecule has 0 bridgehead atoms. The fraction of sp³-hybridized carbons (Fsp3) is 0.350. The number of benzene rings is 1. The molecule has 1 fully saturated rings. The maximum atomic E-state index is 13.5. The highest BCUT2D eigenvalue weighted by atomic mass is 35.5. The molecule has 2 heterocycles. The van der Waals surface area contributed by atoms with Crippen molar-refractivity contribution in [2.24, 2.45) is 0 Å². The van der Waals surface area contributed by atoms with E-state index in [9.17, 15) is 50.2 Å². The Kier molecular flexibility index (Phi) is 8.53. The highest BCUT2D eigenvalue weighted by molar-refractivity contribution is 7.86. The zero-order chi connectivity index (χ0) is 29.4. The highest BCUT2D eigenvalue weighted by Gasteiger charge is 2.45. The van der Waals surface area contributed by atoms with Crippen molar-refractivity contribution in [1.82, 2.24) is 14.7 Å². The molecule has 1 atom stereocenters. The van der Waals surface area contributed by atoms with Gasteiger partial charge in [0.05, 0.1) is 22.2 Å². The first-order valence-corrected chi connectivity index (χ1v) is 12.2. The zero-order valence-electron chi connectivity index (χ0n) is 19.2. The maximum absolute atomic E-state index is 13.5. The summed E-state index contributed by atoms with van der Waals surface area (Å²) in [7, 11) is -3.16. The summed E-state index contributed by atoms with van der Waals surface area (Å²) in [6.45, 7) is -0.975. The number of nitriles is 1. The van der Waals surface area contributed by atoms with Crippen molar-refractivity contribution in [3.63, 3.8) is 0 Å². The summed E-state index contributed by atoms with van der Waals surface area (Å²) in [5.74, 6) is -2.07. The third kappa shape index (κ3) is 6.12. The minimum Gasteiger partial charge on any atom is -0.447 e. The fourth-order valence-electron chi connectivity index (χ4n) is 3.42. The number of alkyl halides is 6. The molecule has 3 rings (SSSR count). The lowest BCUT2D eigenvalue weighted by molar-refractivity contribution is -0.139. The SMILES string of the molecule is CN(C(=O)OCCN1C(=O)CCC1=O)c1c(S(=O)C(F)(F)F)c(C#N)nn1-c1c(Cl)cc(C(F)(F)F)cc1Cl. The molecule has 1 aliphatic rings. The molecule has 0 aliphatic carbocycles. The Hall–Kier alpha value is -3.36. The van der Waals surface area contributed by atoms with Gasteiger partial charge >= 0.3 is 17.8 Å². The molecule has 0 N–H and O–H groups in total. The number of hydrogen-bond acceptors (Lipinski definition) is 7. The van der Waals surface area contributed by atoms with Crippen LogP contribution in [-0.2, 0) is 31.3 Å². The van der Waals surface area contributed by atoms with E-state index in [1.165, 1.54) is 6.07 Å². The lowest BCUT2D eigenvalue weighted by Gasteiger charge is -2.22. The van der Waals surface area contributed by atoms with E-state index in [1.807, 2.05) is 0 Å². The van der Waals surface area contributed by atoms with Gasteiger partial charge in [0.15, 0.2) is 22.3 Å². The van der Waals surface area contributed by atoms with Crippen LogP contribution in [0.15, 0.2) is 17.0 Å². The molecule has 0 spiro atoms. The minimum absolute atomic E-state index is 0.0515. The molecular weight excluding hydrogens is 607 g/mol. The van der Waals surface area contributed by atoms with Crippen molar-refractivity contribution >= 4 is 57.7 Å². The van der Waals surface area contributed by atoms with Crippen LogP contribution in [0, 0.1) is 11.3 Å². The number of imide groups is 1. The number of carbonyl (C=O) groups excluding carboxylic acids is 3. The Morgan fingerprint density at radius 1 is 1.15 bits per heavy atom. The summed E-state index contributed by atoms with van der Waals surface area (Å²) in [6.07, 6.45) is -6.45. The van der Waals surface area contributed by atoms with Crippen LogP contribution in [0.2, 0.25) is 10.0 Å². The molecule has 1 aromatic heterocycles. The third-order valence-electron chi connectivity index (χ3n) is 5.16. The molecule has 19 heteroatoms. The Labute approximate surface area is 227 Å². The second kappa shape index (κ2) is 11.0.